The fraction of sp³-hybridized carbons (Fsp3) is 0.0667. The van der Waals surface area contributed by atoms with Gasteiger partial charge in [-0.2, -0.15) is 5.26 Å². The molecule has 0 aromatic heterocycles. The van der Waals surface area contributed by atoms with Crippen LogP contribution < -0.4 is 4.74 Å². The summed E-state index contributed by atoms with van der Waals surface area (Å²) in [5.41, 5.74) is 1.12. The first-order valence-corrected chi connectivity index (χ1v) is 6.69. The molecule has 106 valence electrons. The highest BCUT2D eigenvalue weighted by molar-refractivity contribution is 6.34. The Labute approximate surface area is 131 Å². The topological polar surface area (TPSA) is 65.6 Å². The number of hydrogen-bond acceptors (Lipinski definition) is 4. The molecule has 0 saturated heterocycles. The minimum Gasteiger partial charge on any atom is -0.487 e. The van der Waals surface area contributed by atoms with Gasteiger partial charge in [0.25, 0.3) is 0 Å². The quantitative estimate of drug-likeness (QED) is 0.519. The van der Waals surface area contributed by atoms with Crippen LogP contribution in [0.1, 0.15) is 11.1 Å². The number of nitrogens with zero attached hydrogens (tertiary/aromatic N) is 2. The molecule has 21 heavy (non-hydrogen) atoms. The Balaban J connectivity index is 2.25. The minimum atomic E-state index is -0.0774. The van der Waals surface area contributed by atoms with Crippen molar-refractivity contribution < 1.29 is 9.94 Å². The second kappa shape index (κ2) is 6.98. The Morgan fingerprint density at radius 3 is 2.71 bits per heavy atom. The van der Waals surface area contributed by atoms with Crippen molar-refractivity contribution in [1.29, 1.82) is 5.26 Å². The molecule has 6 heteroatoms. The number of nitriles is 1. The van der Waals surface area contributed by atoms with Crippen LogP contribution in [0.15, 0.2) is 47.6 Å². The van der Waals surface area contributed by atoms with Crippen LogP contribution in [-0.2, 0) is 6.61 Å². The molecule has 0 aliphatic heterocycles. The van der Waals surface area contributed by atoms with E-state index in [-0.39, 0.29) is 12.3 Å². The molecule has 2 aromatic carbocycles. The molecule has 0 bridgehead atoms. The molecule has 0 fully saturated rings. The second-order valence-corrected chi connectivity index (χ2v) is 4.92. The van der Waals surface area contributed by atoms with E-state index in [0.717, 1.165) is 0 Å². The first-order chi connectivity index (χ1) is 10.2. The molecule has 4 nitrogen and oxygen atoms in total. The molecule has 0 saturated carbocycles. The Kier molecular flexibility index (Phi) is 5.04. The van der Waals surface area contributed by atoms with Gasteiger partial charge in [-0.25, -0.2) is 0 Å². The van der Waals surface area contributed by atoms with E-state index in [1.165, 1.54) is 0 Å². The number of rotatable bonds is 4. The van der Waals surface area contributed by atoms with E-state index in [1.54, 1.807) is 42.5 Å². The number of oxime groups is 1. The van der Waals surface area contributed by atoms with Gasteiger partial charge in [-0.15, -0.1) is 0 Å². The zero-order valence-corrected chi connectivity index (χ0v) is 12.3. The van der Waals surface area contributed by atoms with Crippen LogP contribution in [0.5, 0.6) is 5.75 Å². The summed E-state index contributed by atoms with van der Waals surface area (Å²) in [4.78, 5) is 0. The molecule has 0 heterocycles. The largest absolute Gasteiger partial charge is 0.487 e. The summed E-state index contributed by atoms with van der Waals surface area (Å²) in [6.45, 7) is 0.164. The van der Waals surface area contributed by atoms with Gasteiger partial charge in [0, 0.05) is 16.7 Å². The third-order valence-electron chi connectivity index (χ3n) is 2.75. The average Bonchev–Trinajstić information content (AvgIpc) is 2.50. The number of hydrogen-bond donors (Lipinski definition) is 1. The summed E-state index contributed by atoms with van der Waals surface area (Å²) in [5, 5.41) is 21.7. The van der Waals surface area contributed by atoms with Crippen LogP contribution in [0.2, 0.25) is 10.0 Å². The molecule has 0 aliphatic rings. The highest BCUT2D eigenvalue weighted by Crippen LogP contribution is 2.28. The highest BCUT2D eigenvalue weighted by Gasteiger charge is 2.10. The molecule has 1 N–H and O–H groups in total. The molecule has 2 rings (SSSR count). The normalized spacial score (nSPS) is 11.0. The second-order valence-electron chi connectivity index (χ2n) is 4.08. The van der Waals surface area contributed by atoms with Gasteiger partial charge in [0.15, 0.2) is 5.71 Å². The van der Waals surface area contributed by atoms with Crippen LogP contribution >= 0.6 is 23.2 Å². The van der Waals surface area contributed by atoms with Gasteiger partial charge in [-0.3, -0.25) is 0 Å². The minimum absolute atomic E-state index is 0.0774. The molecule has 0 atom stereocenters. The van der Waals surface area contributed by atoms with Crippen LogP contribution in [0.25, 0.3) is 0 Å². The van der Waals surface area contributed by atoms with E-state index in [9.17, 15) is 0 Å². The molecule has 0 unspecified atom stereocenters. The van der Waals surface area contributed by atoms with Gasteiger partial charge in [-0.05, 0) is 17.7 Å². The zero-order chi connectivity index (χ0) is 15.2. The molecule has 0 spiro atoms. The summed E-state index contributed by atoms with van der Waals surface area (Å²) in [6, 6.07) is 13.7. The Morgan fingerprint density at radius 2 is 2.00 bits per heavy atom. The van der Waals surface area contributed by atoms with Crippen molar-refractivity contribution in [1.82, 2.24) is 0 Å². The summed E-state index contributed by atoms with van der Waals surface area (Å²) in [6.07, 6.45) is 0. The number of ether oxygens (including phenoxy) is 1. The summed E-state index contributed by atoms with van der Waals surface area (Å²) < 4.78 is 5.62. The van der Waals surface area contributed by atoms with Crippen LogP contribution in [0.4, 0.5) is 0 Å². The lowest BCUT2D eigenvalue weighted by Gasteiger charge is -2.11. The van der Waals surface area contributed by atoms with Crippen LogP contribution in [-0.4, -0.2) is 10.9 Å². The molecular weight excluding hydrogens is 311 g/mol. The van der Waals surface area contributed by atoms with E-state index in [0.29, 0.717) is 26.9 Å². The summed E-state index contributed by atoms with van der Waals surface area (Å²) >= 11 is 11.9. The van der Waals surface area contributed by atoms with Crippen molar-refractivity contribution in [3.05, 3.63) is 63.6 Å². The van der Waals surface area contributed by atoms with Crippen molar-refractivity contribution in [2.75, 3.05) is 0 Å². The Morgan fingerprint density at radius 1 is 1.24 bits per heavy atom. The van der Waals surface area contributed by atoms with Crippen LogP contribution in [0.3, 0.4) is 0 Å². The van der Waals surface area contributed by atoms with Gasteiger partial charge < -0.3 is 9.94 Å². The van der Waals surface area contributed by atoms with E-state index in [1.807, 2.05) is 6.07 Å². The number of benzene rings is 2. The summed E-state index contributed by atoms with van der Waals surface area (Å²) in [5.74, 6) is 0.443. The predicted octanol–water partition coefficient (Wildman–Crippen LogP) is 4.27. The monoisotopic (exact) mass is 320 g/mol. The van der Waals surface area contributed by atoms with E-state index in [2.05, 4.69) is 5.16 Å². The molecular formula is C15H10Cl2N2O2. The Hall–Kier alpha value is -2.22. The maximum Gasteiger partial charge on any atom is 0.187 e. The van der Waals surface area contributed by atoms with Gasteiger partial charge in [0.1, 0.15) is 18.4 Å². The molecule has 0 aliphatic carbocycles. The van der Waals surface area contributed by atoms with Gasteiger partial charge in [-0.1, -0.05) is 52.6 Å². The molecule has 2 aromatic rings. The van der Waals surface area contributed by atoms with Crippen molar-refractivity contribution >= 4 is 28.9 Å². The fourth-order valence-corrected chi connectivity index (χ4v) is 2.09. The van der Waals surface area contributed by atoms with E-state index < -0.39 is 0 Å². The zero-order valence-electron chi connectivity index (χ0n) is 10.8. The SMILES string of the molecule is N#CC(=NO)c1ccccc1COc1cc(Cl)ccc1Cl. The lowest BCUT2D eigenvalue weighted by molar-refractivity contribution is 0.305. The third-order valence-corrected chi connectivity index (χ3v) is 3.30. The first-order valence-electron chi connectivity index (χ1n) is 5.94. The predicted molar refractivity (Wildman–Crippen MR) is 81.2 cm³/mol. The van der Waals surface area contributed by atoms with Crippen molar-refractivity contribution in [3.63, 3.8) is 0 Å². The third kappa shape index (κ3) is 3.66. The lowest BCUT2D eigenvalue weighted by atomic mass is 10.0. The van der Waals surface area contributed by atoms with Gasteiger partial charge >= 0.3 is 0 Å². The fourth-order valence-electron chi connectivity index (χ4n) is 1.76. The van der Waals surface area contributed by atoms with Gasteiger partial charge in [0.05, 0.1) is 5.02 Å². The molecule has 0 radical (unpaired) electrons. The van der Waals surface area contributed by atoms with Gasteiger partial charge in [0.2, 0.25) is 0 Å². The van der Waals surface area contributed by atoms with Crippen molar-refractivity contribution in [3.8, 4) is 11.8 Å². The number of halogens is 2. The summed E-state index contributed by atoms with van der Waals surface area (Å²) in [7, 11) is 0. The standard InChI is InChI=1S/C15H10Cl2N2O2/c16-11-5-6-13(17)15(7-11)21-9-10-3-1-2-4-12(10)14(8-18)19-20/h1-7,20H,9H2. The van der Waals surface area contributed by atoms with Crippen molar-refractivity contribution in [2.24, 2.45) is 5.16 Å². The maximum atomic E-state index is 8.95. The first kappa shape index (κ1) is 15.2. The molecule has 0 amide bonds. The highest BCUT2D eigenvalue weighted by atomic mass is 35.5. The van der Waals surface area contributed by atoms with Crippen LogP contribution in [0, 0.1) is 11.3 Å². The maximum absolute atomic E-state index is 8.95. The van der Waals surface area contributed by atoms with E-state index in [4.69, 9.17) is 38.4 Å². The smallest absolute Gasteiger partial charge is 0.187 e. The lowest BCUT2D eigenvalue weighted by Crippen LogP contribution is -2.06. The Bertz CT molecular complexity index is 724. The van der Waals surface area contributed by atoms with E-state index >= 15 is 0 Å². The van der Waals surface area contributed by atoms with Crippen molar-refractivity contribution in [2.45, 2.75) is 6.61 Å². The average molecular weight is 321 g/mol.